The summed E-state index contributed by atoms with van der Waals surface area (Å²) in [6.45, 7) is 3.11. The number of ether oxygens (including phenoxy) is 1. The fourth-order valence-corrected chi connectivity index (χ4v) is 2.94. The van der Waals surface area contributed by atoms with Crippen LogP contribution in [0.15, 0.2) is 4.79 Å². The van der Waals surface area contributed by atoms with Gasteiger partial charge in [0.1, 0.15) is 11.6 Å². The number of nitrogens with one attached hydrogen (secondary N) is 1. The van der Waals surface area contributed by atoms with Gasteiger partial charge in [0.15, 0.2) is 6.79 Å². The Kier molecular flexibility index (Phi) is 6.18. The van der Waals surface area contributed by atoms with Crippen molar-refractivity contribution in [1.29, 1.82) is 0 Å². The van der Waals surface area contributed by atoms with Gasteiger partial charge in [-0.15, -0.1) is 0 Å². The lowest BCUT2D eigenvalue weighted by molar-refractivity contribution is 0.0917. The Bertz CT molecular complexity index is 813. The standard InChI is InChI=1S/C16H25N7O4/c1-16(2,6-9-11(17)21-14(19)22-12(9)18)5-8-10(3-4-24)20-15(26)23-13(8)27-7-25/h24-25H,3-7H2,1-2H3,(H,20,23,26)(H6,17,18,19,21,22). The number of nitrogens with two attached hydrogens (primary N) is 3. The van der Waals surface area contributed by atoms with Crippen molar-refractivity contribution in [2.45, 2.75) is 33.1 Å². The minimum Gasteiger partial charge on any atom is -0.452 e. The van der Waals surface area contributed by atoms with Gasteiger partial charge < -0.3 is 32.2 Å². The Labute approximate surface area is 155 Å². The zero-order chi connectivity index (χ0) is 20.2. The van der Waals surface area contributed by atoms with E-state index in [0.29, 0.717) is 29.7 Å². The molecule has 9 N–H and O–H groups in total. The summed E-state index contributed by atoms with van der Waals surface area (Å²) in [5, 5.41) is 18.4. The molecule has 2 aromatic heterocycles. The number of anilines is 3. The second-order valence-corrected chi connectivity index (χ2v) is 6.89. The maximum atomic E-state index is 11.7. The normalized spacial score (nSPS) is 11.6. The summed E-state index contributed by atoms with van der Waals surface area (Å²) in [7, 11) is 0. The molecule has 0 saturated carbocycles. The third-order valence-electron chi connectivity index (χ3n) is 4.04. The van der Waals surface area contributed by atoms with Crippen LogP contribution in [0, 0.1) is 5.41 Å². The quantitative estimate of drug-likeness (QED) is 0.308. The van der Waals surface area contributed by atoms with E-state index in [1.54, 1.807) is 0 Å². The van der Waals surface area contributed by atoms with Gasteiger partial charge in [-0.3, -0.25) is 4.98 Å². The smallest absolute Gasteiger partial charge is 0.347 e. The molecule has 0 radical (unpaired) electrons. The number of nitrogen functional groups attached to an aromatic ring is 3. The number of aromatic amines is 1. The molecule has 11 heteroatoms. The average Bonchev–Trinajstić information content (AvgIpc) is 2.54. The first-order chi connectivity index (χ1) is 12.7. The number of H-pyrrole nitrogens is 1. The van der Waals surface area contributed by atoms with E-state index in [2.05, 4.69) is 19.9 Å². The largest absolute Gasteiger partial charge is 0.452 e. The van der Waals surface area contributed by atoms with Crippen LogP contribution in [-0.4, -0.2) is 43.5 Å². The van der Waals surface area contributed by atoms with Crippen molar-refractivity contribution in [3.63, 3.8) is 0 Å². The van der Waals surface area contributed by atoms with E-state index in [1.807, 2.05) is 13.8 Å². The molecule has 0 aliphatic rings. The molecule has 0 aliphatic carbocycles. The van der Waals surface area contributed by atoms with Crippen molar-refractivity contribution >= 4 is 17.6 Å². The molecule has 0 bridgehead atoms. The molecule has 27 heavy (non-hydrogen) atoms. The highest BCUT2D eigenvalue weighted by Gasteiger charge is 2.27. The van der Waals surface area contributed by atoms with E-state index >= 15 is 0 Å². The summed E-state index contributed by atoms with van der Waals surface area (Å²) >= 11 is 0. The summed E-state index contributed by atoms with van der Waals surface area (Å²) in [5.41, 5.74) is 17.9. The number of hydrogen-bond donors (Lipinski definition) is 6. The third-order valence-corrected chi connectivity index (χ3v) is 4.04. The monoisotopic (exact) mass is 379 g/mol. The molecule has 11 nitrogen and oxygen atoms in total. The van der Waals surface area contributed by atoms with E-state index in [1.165, 1.54) is 0 Å². The summed E-state index contributed by atoms with van der Waals surface area (Å²) < 4.78 is 5.15. The van der Waals surface area contributed by atoms with Gasteiger partial charge >= 0.3 is 5.69 Å². The highest BCUT2D eigenvalue weighted by molar-refractivity contribution is 5.56. The maximum Gasteiger partial charge on any atom is 0.347 e. The third kappa shape index (κ3) is 5.05. The molecule has 2 heterocycles. The summed E-state index contributed by atoms with van der Waals surface area (Å²) in [4.78, 5) is 26.0. The summed E-state index contributed by atoms with van der Waals surface area (Å²) in [6, 6.07) is 0. The van der Waals surface area contributed by atoms with Crippen LogP contribution in [0.25, 0.3) is 0 Å². The highest BCUT2D eigenvalue weighted by Crippen LogP contribution is 2.33. The van der Waals surface area contributed by atoms with Gasteiger partial charge in [-0.2, -0.15) is 15.0 Å². The first-order valence-electron chi connectivity index (χ1n) is 8.30. The van der Waals surface area contributed by atoms with Gasteiger partial charge in [-0.1, -0.05) is 13.8 Å². The van der Waals surface area contributed by atoms with E-state index in [4.69, 9.17) is 27.0 Å². The number of aliphatic hydroxyl groups is 2. The molecule has 2 rings (SSSR count). The SMILES string of the molecule is CC(C)(Cc1c(N)nc(N)nc1N)Cc1c(CCO)nc(=O)[nH]c1OCO. The minimum atomic E-state index is -0.621. The fraction of sp³-hybridized carbons (Fsp3) is 0.500. The average molecular weight is 379 g/mol. The van der Waals surface area contributed by atoms with Crippen molar-refractivity contribution in [2.75, 3.05) is 30.6 Å². The molecule has 0 aromatic carbocycles. The van der Waals surface area contributed by atoms with Crippen LogP contribution in [-0.2, 0) is 19.3 Å². The number of rotatable bonds is 8. The Morgan fingerprint density at radius 2 is 1.63 bits per heavy atom. The lowest BCUT2D eigenvalue weighted by Gasteiger charge is -2.27. The molecule has 148 valence electrons. The number of nitrogens with zero attached hydrogens (tertiary/aromatic N) is 3. The predicted molar refractivity (Wildman–Crippen MR) is 99.8 cm³/mol. The Hall–Kier alpha value is -2.92. The van der Waals surface area contributed by atoms with Gasteiger partial charge in [-0.05, 0) is 18.3 Å². The van der Waals surface area contributed by atoms with Gasteiger partial charge in [0.2, 0.25) is 11.8 Å². The molecule has 0 atom stereocenters. The molecule has 0 fully saturated rings. The van der Waals surface area contributed by atoms with Crippen molar-refractivity contribution in [3.05, 3.63) is 27.3 Å². The zero-order valence-corrected chi connectivity index (χ0v) is 15.3. The molecule has 0 spiro atoms. The van der Waals surface area contributed by atoms with Crippen molar-refractivity contribution in [1.82, 2.24) is 19.9 Å². The molecule has 0 saturated heterocycles. The van der Waals surface area contributed by atoms with Crippen LogP contribution in [0.1, 0.15) is 30.7 Å². The van der Waals surface area contributed by atoms with Crippen LogP contribution >= 0.6 is 0 Å². The molecule has 0 amide bonds. The Morgan fingerprint density at radius 3 is 2.19 bits per heavy atom. The summed E-state index contributed by atoms with van der Waals surface area (Å²) in [6.07, 6.45) is 0.984. The Balaban J connectivity index is 2.40. The summed E-state index contributed by atoms with van der Waals surface area (Å²) in [5.74, 6) is 0.522. The van der Waals surface area contributed by atoms with E-state index in [9.17, 15) is 9.90 Å². The first-order valence-corrected chi connectivity index (χ1v) is 8.30. The number of aliphatic hydroxyl groups excluding tert-OH is 2. The predicted octanol–water partition coefficient (Wildman–Crippen LogP) is -1.02. The number of hydrogen-bond acceptors (Lipinski definition) is 10. The van der Waals surface area contributed by atoms with Crippen LogP contribution in [0.3, 0.4) is 0 Å². The van der Waals surface area contributed by atoms with Crippen LogP contribution in [0.5, 0.6) is 5.88 Å². The van der Waals surface area contributed by atoms with E-state index < -0.39 is 17.9 Å². The number of aromatic nitrogens is 4. The molecule has 2 aromatic rings. The zero-order valence-electron chi connectivity index (χ0n) is 15.3. The van der Waals surface area contributed by atoms with Gasteiger partial charge in [0.25, 0.3) is 0 Å². The van der Waals surface area contributed by atoms with Crippen LogP contribution in [0.2, 0.25) is 0 Å². The molecular formula is C16H25N7O4. The molecular weight excluding hydrogens is 354 g/mol. The van der Waals surface area contributed by atoms with Gasteiger partial charge in [0.05, 0.1) is 5.69 Å². The first kappa shape index (κ1) is 20.4. The van der Waals surface area contributed by atoms with Crippen LogP contribution in [0.4, 0.5) is 17.6 Å². The molecule has 0 aliphatic heterocycles. The van der Waals surface area contributed by atoms with Crippen molar-refractivity contribution < 1.29 is 14.9 Å². The second kappa shape index (κ2) is 8.18. The Morgan fingerprint density at radius 1 is 1.04 bits per heavy atom. The lowest BCUT2D eigenvalue weighted by Crippen LogP contribution is -2.25. The second-order valence-electron chi connectivity index (χ2n) is 6.89. The minimum absolute atomic E-state index is 0.000236. The van der Waals surface area contributed by atoms with Gasteiger partial charge in [0, 0.05) is 24.2 Å². The van der Waals surface area contributed by atoms with Gasteiger partial charge in [-0.25, -0.2) is 4.79 Å². The highest BCUT2D eigenvalue weighted by atomic mass is 16.6. The van der Waals surface area contributed by atoms with Crippen molar-refractivity contribution in [2.24, 2.45) is 5.41 Å². The van der Waals surface area contributed by atoms with Crippen molar-refractivity contribution in [3.8, 4) is 5.88 Å². The van der Waals surface area contributed by atoms with E-state index in [0.717, 1.165) is 0 Å². The van der Waals surface area contributed by atoms with E-state index in [-0.39, 0.29) is 36.5 Å². The van der Waals surface area contributed by atoms with Crippen LogP contribution < -0.4 is 27.6 Å². The fourth-order valence-electron chi connectivity index (χ4n) is 2.94. The lowest BCUT2D eigenvalue weighted by atomic mass is 9.80. The molecule has 0 unspecified atom stereocenters. The maximum absolute atomic E-state index is 11.7. The topological polar surface area (TPSA) is 199 Å².